The highest BCUT2D eigenvalue weighted by atomic mass is 16.5. The molecule has 2 aromatic rings. The number of rotatable bonds is 14. The van der Waals surface area contributed by atoms with Gasteiger partial charge in [-0.15, -0.1) is 0 Å². The lowest BCUT2D eigenvalue weighted by atomic mass is 9.85. The zero-order chi connectivity index (χ0) is 26.7. The van der Waals surface area contributed by atoms with Crippen molar-refractivity contribution in [2.75, 3.05) is 32.8 Å². The number of carboxylic acid groups (broad SMARTS) is 1. The van der Waals surface area contributed by atoms with E-state index in [1.54, 1.807) is 32.4 Å². The average Bonchev–Trinajstić information content (AvgIpc) is 2.82. The number of ether oxygens (including phenoxy) is 3. The smallest absolute Gasteiger partial charge is 0.335 e. The Morgan fingerprint density at radius 3 is 2.39 bits per heavy atom. The van der Waals surface area contributed by atoms with Gasteiger partial charge in [0.15, 0.2) is 0 Å². The molecular formula is C29H41NO6. The van der Waals surface area contributed by atoms with Crippen molar-refractivity contribution in [2.24, 2.45) is 0 Å². The SMILES string of the molecule is CCCCCC(CC(=O)Nc1cc(C(=O)O)ccc1C(C)(C)C)c1ccc(OCCOC)cc1OC. The number of hydrogen-bond donors (Lipinski definition) is 2. The molecule has 2 rings (SSSR count). The molecule has 0 saturated carbocycles. The first-order valence-corrected chi connectivity index (χ1v) is 12.6. The fourth-order valence-electron chi connectivity index (χ4n) is 4.23. The van der Waals surface area contributed by atoms with Crippen LogP contribution in [0.4, 0.5) is 5.69 Å². The van der Waals surface area contributed by atoms with Gasteiger partial charge in [-0.3, -0.25) is 4.79 Å². The lowest BCUT2D eigenvalue weighted by Crippen LogP contribution is -2.21. The molecular weight excluding hydrogens is 458 g/mol. The van der Waals surface area contributed by atoms with Crippen LogP contribution in [0.2, 0.25) is 0 Å². The zero-order valence-corrected chi connectivity index (χ0v) is 22.5. The number of methoxy groups -OCH3 is 2. The number of carbonyl (C=O) groups is 2. The highest BCUT2D eigenvalue weighted by Gasteiger charge is 2.24. The molecule has 0 aliphatic carbocycles. The van der Waals surface area contributed by atoms with Crippen LogP contribution in [0.3, 0.4) is 0 Å². The number of anilines is 1. The van der Waals surface area contributed by atoms with Gasteiger partial charge in [0.1, 0.15) is 18.1 Å². The molecule has 0 aliphatic heterocycles. The second-order valence-corrected chi connectivity index (χ2v) is 10.0. The third-order valence-electron chi connectivity index (χ3n) is 6.14. The molecule has 1 unspecified atom stereocenters. The summed E-state index contributed by atoms with van der Waals surface area (Å²) in [5.41, 5.74) is 2.26. The Bertz CT molecular complexity index is 1010. The van der Waals surface area contributed by atoms with Crippen molar-refractivity contribution in [3.05, 3.63) is 53.1 Å². The minimum absolute atomic E-state index is 0.0553. The molecule has 0 saturated heterocycles. The fourth-order valence-corrected chi connectivity index (χ4v) is 4.23. The predicted molar refractivity (Wildman–Crippen MR) is 143 cm³/mol. The van der Waals surface area contributed by atoms with Crippen LogP contribution in [-0.2, 0) is 14.9 Å². The lowest BCUT2D eigenvalue weighted by molar-refractivity contribution is -0.116. The Morgan fingerprint density at radius 1 is 1.03 bits per heavy atom. The average molecular weight is 500 g/mol. The summed E-state index contributed by atoms with van der Waals surface area (Å²) in [5, 5.41) is 12.5. The monoisotopic (exact) mass is 499 g/mol. The summed E-state index contributed by atoms with van der Waals surface area (Å²) in [6.45, 7) is 9.18. The van der Waals surface area contributed by atoms with Crippen molar-refractivity contribution in [3.63, 3.8) is 0 Å². The molecule has 0 spiro atoms. The molecule has 0 bridgehead atoms. The summed E-state index contributed by atoms with van der Waals surface area (Å²) in [4.78, 5) is 24.8. The van der Waals surface area contributed by atoms with E-state index < -0.39 is 5.97 Å². The van der Waals surface area contributed by atoms with E-state index in [0.717, 1.165) is 36.8 Å². The predicted octanol–water partition coefficient (Wildman–Crippen LogP) is 6.41. The Balaban J connectivity index is 2.31. The maximum Gasteiger partial charge on any atom is 0.335 e. The zero-order valence-electron chi connectivity index (χ0n) is 22.5. The van der Waals surface area contributed by atoms with E-state index in [0.29, 0.717) is 30.4 Å². The molecule has 2 N–H and O–H groups in total. The second-order valence-electron chi connectivity index (χ2n) is 10.0. The molecule has 36 heavy (non-hydrogen) atoms. The third-order valence-corrected chi connectivity index (χ3v) is 6.14. The van der Waals surface area contributed by atoms with Gasteiger partial charge >= 0.3 is 5.97 Å². The Labute approximate surface area is 215 Å². The minimum Gasteiger partial charge on any atom is -0.496 e. The highest BCUT2D eigenvalue weighted by molar-refractivity contribution is 5.95. The first-order valence-electron chi connectivity index (χ1n) is 12.6. The normalized spacial score (nSPS) is 12.2. The largest absolute Gasteiger partial charge is 0.496 e. The number of aromatic carboxylic acids is 1. The van der Waals surface area contributed by atoms with Crippen molar-refractivity contribution < 1.29 is 28.9 Å². The molecule has 1 atom stereocenters. The number of carbonyl (C=O) groups excluding carboxylic acids is 1. The number of benzene rings is 2. The van der Waals surface area contributed by atoms with Crippen LogP contribution in [-0.4, -0.2) is 44.4 Å². The molecule has 2 aromatic carbocycles. The molecule has 0 aliphatic rings. The van der Waals surface area contributed by atoms with E-state index in [4.69, 9.17) is 14.2 Å². The summed E-state index contributed by atoms with van der Waals surface area (Å²) < 4.78 is 16.4. The first-order chi connectivity index (χ1) is 17.1. The van der Waals surface area contributed by atoms with Gasteiger partial charge in [0.25, 0.3) is 0 Å². The maximum atomic E-state index is 13.3. The van der Waals surface area contributed by atoms with Gasteiger partial charge in [0.05, 0.1) is 19.3 Å². The number of carboxylic acids is 1. The Morgan fingerprint density at radius 2 is 1.78 bits per heavy atom. The van der Waals surface area contributed by atoms with E-state index in [9.17, 15) is 14.7 Å². The van der Waals surface area contributed by atoms with Crippen molar-refractivity contribution in [1.29, 1.82) is 0 Å². The summed E-state index contributed by atoms with van der Waals surface area (Å²) >= 11 is 0. The summed E-state index contributed by atoms with van der Waals surface area (Å²) in [5.74, 6) is 0.125. The molecule has 0 radical (unpaired) electrons. The van der Waals surface area contributed by atoms with Gasteiger partial charge in [0, 0.05) is 25.3 Å². The van der Waals surface area contributed by atoms with Gasteiger partial charge in [-0.1, -0.05) is 59.1 Å². The number of amides is 1. The van der Waals surface area contributed by atoms with E-state index in [2.05, 4.69) is 12.2 Å². The number of hydrogen-bond acceptors (Lipinski definition) is 5. The summed E-state index contributed by atoms with van der Waals surface area (Å²) in [6, 6.07) is 10.6. The summed E-state index contributed by atoms with van der Waals surface area (Å²) in [7, 11) is 3.25. The van der Waals surface area contributed by atoms with Crippen LogP contribution >= 0.6 is 0 Å². The number of nitrogens with one attached hydrogen (secondary N) is 1. The molecule has 0 aromatic heterocycles. The van der Waals surface area contributed by atoms with E-state index in [1.807, 2.05) is 39.0 Å². The van der Waals surface area contributed by atoms with Crippen molar-refractivity contribution in [1.82, 2.24) is 0 Å². The van der Waals surface area contributed by atoms with E-state index in [-0.39, 0.29) is 29.2 Å². The van der Waals surface area contributed by atoms with Gasteiger partial charge in [-0.2, -0.15) is 0 Å². The van der Waals surface area contributed by atoms with Gasteiger partial charge in [0.2, 0.25) is 5.91 Å². The fraction of sp³-hybridized carbons (Fsp3) is 0.517. The molecule has 198 valence electrons. The molecule has 0 heterocycles. The van der Waals surface area contributed by atoms with Crippen LogP contribution in [0.25, 0.3) is 0 Å². The topological polar surface area (TPSA) is 94.1 Å². The molecule has 7 nitrogen and oxygen atoms in total. The standard InChI is InChI=1S/C29H41NO6/c1-7-8-9-10-20(23-13-12-22(19-26(23)35-6)36-16-15-34-5)18-27(31)30-25-17-21(28(32)33)11-14-24(25)29(2,3)4/h11-14,17,19-20H,7-10,15-16,18H2,1-6H3,(H,30,31)(H,32,33). The lowest BCUT2D eigenvalue weighted by Gasteiger charge is -2.25. The van der Waals surface area contributed by atoms with Crippen LogP contribution < -0.4 is 14.8 Å². The van der Waals surface area contributed by atoms with Crippen molar-refractivity contribution >= 4 is 17.6 Å². The highest BCUT2D eigenvalue weighted by Crippen LogP contribution is 2.37. The number of unbranched alkanes of at least 4 members (excludes halogenated alkanes) is 2. The van der Waals surface area contributed by atoms with Crippen LogP contribution in [0.15, 0.2) is 36.4 Å². The van der Waals surface area contributed by atoms with Gasteiger partial charge in [-0.25, -0.2) is 4.79 Å². The van der Waals surface area contributed by atoms with Crippen molar-refractivity contribution in [3.8, 4) is 11.5 Å². The second kappa shape index (κ2) is 13.9. The Kier molecular flexibility index (Phi) is 11.2. The first kappa shape index (κ1) is 29.2. The van der Waals surface area contributed by atoms with Crippen LogP contribution in [0.1, 0.15) is 87.2 Å². The summed E-state index contributed by atoms with van der Waals surface area (Å²) in [6.07, 6.45) is 4.24. The maximum absolute atomic E-state index is 13.3. The quantitative estimate of drug-likeness (QED) is 0.292. The molecule has 1 amide bonds. The van der Waals surface area contributed by atoms with Gasteiger partial charge < -0.3 is 24.6 Å². The van der Waals surface area contributed by atoms with E-state index in [1.165, 1.54) is 0 Å². The van der Waals surface area contributed by atoms with Crippen LogP contribution in [0, 0.1) is 0 Å². The van der Waals surface area contributed by atoms with Crippen molar-refractivity contribution in [2.45, 2.75) is 71.1 Å². The van der Waals surface area contributed by atoms with E-state index >= 15 is 0 Å². The van der Waals surface area contributed by atoms with Crippen LogP contribution in [0.5, 0.6) is 11.5 Å². The molecule has 0 fully saturated rings. The van der Waals surface area contributed by atoms with Gasteiger partial charge in [-0.05, 0) is 47.1 Å². The third kappa shape index (κ3) is 8.55. The molecule has 7 heteroatoms. The Hall–Kier alpha value is -3.06. The minimum atomic E-state index is -1.03.